The molecule has 2 heterocycles. The Balaban J connectivity index is 1.19. The molecule has 3 aliphatic rings. The third-order valence-electron chi connectivity index (χ3n) is 7.64. The molecule has 6 nitrogen and oxygen atoms in total. The van der Waals surface area contributed by atoms with Crippen molar-refractivity contribution in [2.45, 2.75) is 43.5 Å². The van der Waals surface area contributed by atoms with Gasteiger partial charge in [0, 0.05) is 16.4 Å². The summed E-state index contributed by atoms with van der Waals surface area (Å²) in [6.07, 6.45) is 15.4. The molecule has 2 N–H and O–H groups in total. The molecule has 40 heavy (non-hydrogen) atoms. The third kappa shape index (κ3) is 4.75. The van der Waals surface area contributed by atoms with Gasteiger partial charge in [-0.25, -0.2) is 0 Å². The van der Waals surface area contributed by atoms with Gasteiger partial charge < -0.3 is 15.3 Å². The van der Waals surface area contributed by atoms with E-state index in [1.54, 1.807) is 17.8 Å². The van der Waals surface area contributed by atoms with Crippen LogP contribution in [0.15, 0.2) is 111 Å². The van der Waals surface area contributed by atoms with Crippen molar-refractivity contribution >= 4 is 34.8 Å². The summed E-state index contributed by atoms with van der Waals surface area (Å²) in [5.41, 5.74) is 9.45. The molecule has 0 fully saturated rings. The molecule has 2 atom stereocenters. The maximum Gasteiger partial charge on any atom is 0.230 e. The molecular weight excluding hydrogens is 516 g/mol. The first-order valence-electron chi connectivity index (χ1n) is 13.4. The molecule has 2 aromatic carbocycles. The predicted molar refractivity (Wildman–Crippen MR) is 162 cm³/mol. The zero-order chi connectivity index (χ0) is 27.9. The van der Waals surface area contributed by atoms with E-state index in [1.807, 2.05) is 32.9 Å². The summed E-state index contributed by atoms with van der Waals surface area (Å²) in [5.74, 6) is 1.04. The van der Waals surface area contributed by atoms with Crippen LogP contribution in [0.5, 0.6) is 0 Å². The van der Waals surface area contributed by atoms with Gasteiger partial charge in [0.25, 0.3) is 0 Å². The van der Waals surface area contributed by atoms with E-state index in [9.17, 15) is 4.79 Å². The molecule has 1 aliphatic heterocycles. The lowest BCUT2D eigenvalue weighted by atomic mass is 9.64. The number of benzene rings is 2. The van der Waals surface area contributed by atoms with Crippen molar-refractivity contribution in [3.05, 3.63) is 119 Å². The van der Waals surface area contributed by atoms with Crippen LogP contribution in [0, 0.1) is 5.41 Å². The number of carbonyl (C=O) groups is 1. The van der Waals surface area contributed by atoms with Crippen LogP contribution in [-0.2, 0) is 16.6 Å². The van der Waals surface area contributed by atoms with Crippen LogP contribution < -0.4 is 10.7 Å². The van der Waals surface area contributed by atoms with E-state index in [-0.39, 0.29) is 29.2 Å². The molecule has 1 aromatic heterocycles. The topological polar surface area (TPSA) is 79.5 Å². The molecule has 0 saturated carbocycles. The maximum absolute atomic E-state index is 12.7. The number of hydrogen-bond acceptors (Lipinski definition) is 6. The van der Waals surface area contributed by atoms with E-state index >= 15 is 0 Å². The number of allylic oxidation sites excluding steroid dienone is 6. The third-order valence-corrected chi connectivity index (χ3v) is 8.38. The van der Waals surface area contributed by atoms with Gasteiger partial charge in [0.2, 0.25) is 5.91 Å². The van der Waals surface area contributed by atoms with Crippen LogP contribution in [-0.4, -0.2) is 23.0 Å². The van der Waals surface area contributed by atoms with Crippen molar-refractivity contribution in [2.24, 2.45) is 10.5 Å². The maximum atomic E-state index is 12.7. The zero-order valence-corrected chi connectivity index (χ0v) is 23.9. The van der Waals surface area contributed by atoms with E-state index in [0.29, 0.717) is 5.82 Å². The SMILES string of the molecule is CSc1ccc(C2=CC3=NNC(c4ccc(CC(=O)Nc5cc(C(C)(C)C)on5)cc4)C34C=CC=CC4=C2)cc1. The van der Waals surface area contributed by atoms with Gasteiger partial charge in [-0.1, -0.05) is 86.6 Å². The zero-order valence-electron chi connectivity index (χ0n) is 23.1. The number of hydrazone groups is 1. The summed E-state index contributed by atoms with van der Waals surface area (Å²) in [6.45, 7) is 6.12. The number of nitrogens with zero attached hydrogens (tertiary/aromatic N) is 2. The normalized spacial score (nSPS) is 21.1. The number of anilines is 1. The van der Waals surface area contributed by atoms with Crippen LogP contribution >= 0.6 is 11.8 Å². The van der Waals surface area contributed by atoms with Gasteiger partial charge in [-0.05, 0) is 58.4 Å². The van der Waals surface area contributed by atoms with E-state index in [4.69, 9.17) is 9.62 Å². The van der Waals surface area contributed by atoms with Crippen LogP contribution in [0.4, 0.5) is 5.82 Å². The minimum atomic E-state index is -0.381. The van der Waals surface area contributed by atoms with Crippen molar-refractivity contribution in [3.8, 4) is 0 Å². The molecule has 2 aliphatic carbocycles. The van der Waals surface area contributed by atoms with Crippen LogP contribution in [0.2, 0.25) is 0 Å². The molecule has 3 aromatic rings. The molecular formula is C33H32N4O2S. The van der Waals surface area contributed by atoms with Gasteiger partial charge in [-0.15, -0.1) is 11.8 Å². The summed E-state index contributed by atoms with van der Waals surface area (Å²) < 4.78 is 5.38. The first-order valence-corrected chi connectivity index (χ1v) is 14.6. The lowest BCUT2D eigenvalue weighted by Gasteiger charge is -2.38. The summed E-state index contributed by atoms with van der Waals surface area (Å²) >= 11 is 1.74. The fourth-order valence-electron chi connectivity index (χ4n) is 5.42. The molecule has 1 amide bonds. The lowest BCUT2D eigenvalue weighted by Crippen LogP contribution is -2.37. The number of carbonyl (C=O) groups excluding carboxylic acids is 1. The highest BCUT2D eigenvalue weighted by molar-refractivity contribution is 7.98. The molecule has 7 heteroatoms. The highest BCUT2D eigenvalue weighted by Crippen LogP contribution is 2.52. The van der Waals surface area contributed by atoms with Crippen molar-refractivity contribution in [2.75, 3.05) is 11.6 Å². The van der Waals surface area contributed by atoms with E-state index < -0.39 is 0 Å². The average molecular weight is 549 g/mol. The number of nitrogens with one attached hydrogen (secondary N) is 2. The van der Waals surface area contributed by atoms with Gasteiger partial charge in [0.15, 0.2) is 5.82 Å². The summed E-state index contributed by atoms with van der Waals surface area (Å²) in [5, 5.41) is 11.6. The first-order chi connectivity index (χ1) is 19.3. The smallest absolute Gasteiger partial charge is 0.230 e. The minimum absolute atomic E-state index is 0.0551. The van der Waals surface area contributed by atoms with Crippen LogP contribution in [0.25, 0.3) is 5.57 Å². The highest BCUT2D eigenvalue weighted by atomic mass is 32.2. The van der Waals surface area contributed by atoms with E-state index in [2.05, 4.69) is 95.0 Å². The van der Waals surface area contributed by atoms with Gasteiger partial charge in [0.05, 0.1) is 23.6 Å². The van der Waals surface area contributed by atoms with Crippen molar-refractivity contribution in [3.63, 3.8) is 0 Å². The predicted octanol–water partition coefficient (Wildman–Crippen LogP) is 7.01. The van der Waals surface area contributed by atoms with E-state index in [0.717, 1.165) is 28.2 Å². The second kappa shape index (κ2) is 10.1. The molecule has 6 rings (SSSR count). The van der Waals surface area contributed by atoms with Gasteiger partial charge in [0.1, 0.15) is 5.76 Å². The lowest BCUT2D eigenvalue weighted by molar-refractivity contribution is -0.115. The highest BCUT2D eigenvalue weighted by Gasteiger charge is 2.49. The minimum Gasteiger partial charge on any atom is -0.359 e. The Kier molecular flexibility index (Phi) is 6.62. The van der Waals surface area contributed by atoms with Crippen molar-refractivity contribution in [1.29, 1.82) is 0 Å². The Bertz CT molecular complexity index is 1600. The van der Waals surface area contributed by atoms with Crippen molar-refractivity contribution in [1.82, 2.24) is 10.6 Å². The van der Waals surface area contributed by atoms with Gasteiger partial charge >= 0.3 is 0 Å². The number of rotatable bonds is 6. The Hall–Kier alpha value is -4.10. The fraction of sp³-hybridized carbons (Fsp3) is 0.242. The summed E-state index contributed by atoms with van der Waals surface area (Å²) in [6, 6.07) is 18.6. The molecule has 202 valence electrons. The Morgan fingerprint density at radius 2 is 1.85 bits per heavy atom. The second-order valence-electron chi connectivity index (χ2n) is 11.4. The summed E-state index contributed by atoms with van der Waals surface area (Å²) in [7, 11) is 0. The molecule has 0 saturated heterocycles. The number of aromatic nitrogens is 1. The quantitative estimate of drug-likeness (QED) is 0.324. The van der Waals surface area contributed by atoms with Crippen LogP contribution in [0.1, 0.15) is 49.3 Å². The number of amides is 1. The fourth-order valence-corrected chi connectivity index (χ4v) is 5.83. The first kappa shape index (κ1) is 26.1. The number of thioether (sulfide) groups is 1. The Labute approximate surface area is 239 Å². The van der Waals surface area contributed by atoms with Crippen molar-refractivity contribution < 1.29 is 9.32 Å². The van der Waals surface area contributed by atoms with Crippen LogP contribution in [0.3, 0.4) is 0 Å². The number of hydrogen-bond donors (Lipinski definition) is 2. The Morgan fingerprint density at radius 1 is 1.07 bits per heavy atom. The molecule has 2 unspecified atom stereocenters. The standard InChI is InChI=1S/C33H32N4O2S/c1-32(2,3)28-20-29(37-39-28)34-30(38)17-21-8-10-23(11-9-21)31-33-16-6-5-7-25(33)18-24(19-27(33)35-36-31)22-12-14-26(40-4)15-13-22/h5-16,18-20,31,36H,17H2,1-4H3,(H,34,37,38). The summed E-state index contributed by atoms with van der Waals surface area (Å²) in [4.78, 5) is 13.9. The monoisotopic (exact) mass is 548 g/mol. The second-order valence-corrected chi connectivity index (χ2v) is 12.2. The molecule has 1 spiro atoms. The largest absolute Gasteiger partial charge is 0.359 e. The average Bonchev–Trinajstić information content (AvgIpc) is 3.57. The molecule has 0 radical (unpaired) electrons. The van der Waals surface area contributed by atoms with Gasteiger partial charge in [-0.2, -0.15) is 5.10 Å². The Morgan fingerprint density at radius 3 is 2.55 bits per heavy atom. The van der Waals surface area contributed by atoms with E-state index in [1.165, 1.54) is 16.0 Å². The van der Waals surface area contributed by atoms with Gasteiger partial charge in [-0.3, -0.25) is 4.79 Å². The molecule has 0 bridgehead atoms.